The Hall–Kier alpha value is -8.32. The highest BCUT2D eigenvalue weighted by molar-refractivity contribution is 6.19. The molecule has 3 aliphatic heterocycles. The van der Waals surface area contributed by atoms with Crippen molar-refractivity contribution in [3.8, 4) is 61.7 Å². The van der Waals surface area contributed by atoms with E-state index < -0.39 is 0 Å². The number of quaternary nitrogens is 1. The average molecular weight is 1070 g/mol. The molecule has 1 atom stereocenters. The highest BCUT2D eigenvalue weighted by atomic mass is 15.8. The molecule has 0 aliphatic carbocycles. The second-order valence-electron chi connectivity index (χ2n) is 29.1. The molecular formula is C76H75N6+3. The highest BCUT2D eigenvalue weighted by Crippen LogP contribution is 2.64. The fraction of sp³-hybridized carbons (Fsp3) is 0.263. The number of fused-ring (bicyclic) bond motifs is 13. The van der Waals surface area contributed by atoms with Gasteiger partial charge in [-0.3, -0.25) is 0 Å². The molecule has 1 spiro atoms. The molecule has 0 fully saturated rings. The van der Waals surface area contributed by atoms with Crippen molar-refractivity contribution in [1.82, 2.24) is 18.7 Å². The number of hydrogen-bond acceptors (Lipinski definition) is 0. The zero-order valence-electron chi connectivity index (χ0n) is 50.5. The van der Waals surface area contributed by atoms with Crippen LogP contribution in [0.4, 0.5) is 17.3 Å². The monoisotopic (exact) mass is 1070 g/mol. The Balaban J connectivity index is 1.21. The van der Waals surface area contributed by atoms with Crippen molar-refractivity contribution in [1.29, 1.82) is 0 Å². The largest absolute Gasteiger partial charge is 0.519 e. The van der Waals surface area contributed by atoms with E-state index in [1.54, 1.807) is 0 Å². The van der Waals surface area contributed by atoms with Gasteiger partial charge in [0.15, 0.2) is 22.9 Å². The molecule has 1 unspecified atom stereocenters. The number of aromatic amines is 1. The van der Waals surface area contributed by atoms with Gasteiger partial charge in [0.25, 0.3) is 0 Å². The molecule has 0 bridgehead atoms. The Kier molecular flexibility index (Phi) is 10.2. The molecule has 406 valence electrons. The number of pyridine rings is 1. The summed E-state index contributed by atoms with van der Waals surface area (Å²) in [6.07, 6.45) is 4.52. The molecule has 0 saturated heterocycles. The molecule has 12 aromatic rings. The summed E-state index contributed by atoms with van der Waals surface area (Å²) in [6.45, 7) is 35.4. The minimum Gasteiger partial charge on any atom is -0.361 e. The standard InChI is InChI=1S/C76H75N6/c1-72(2,3)48-33-35-78-66(43-48)80-62-26-17-16-22-55(62)56-30-31-58-60-44-61-45(32-34-77-61)40-59(60)57-25-21-29-65-69(57)82(78,70(58)68(56)80)71-79(65)63-27-18-19-28-64(63)81(71)67-53(46-36-49(73(4,5)6)41-50(37-46)74(7,8)9)23-20-24-54(67)47-38-51(75(10,11)12)42-52(39-47)76(13,14)15/h16-44,77H,1-15H3/q+3. The number of benzene rings is 8. The number of imidazole rings is 1. The predicted molar refractivity (Wildman–Crippen MR) is 343 cm³/mol. The fourth-order valence-electron chi connectivity index (χ4n) is 14.1. The van der Waals surface area contributed by atoms with Crippen LogP contribution in [0.1, 0.15) is 132 Å². The van der Waals surface area contributed by atoms with E-state index >= 15 is 0 Å². The van der Waals surface area contributed by atoms with E-state index in [2.05, 4.69) is 303 Å². The number of hydrogen-bond donors (Lipinski definition) is 1. The maximum atomic E-state index is 3.65. The van der Waals surface area contributed by atoms with Gasteiger partial charge in [0.1, 0.15) is 5.52 Å². The van der Waals surface area contributed by atoms with E-state index in [0.29, 0.717) is 0 Å². The predicted octanol–water partition coefficient (Wildman–Crippen LogP) is 19.3. The van der Waals surface area contributed by atoms with Crippen molar-refractivity contribution in [2.45, 2.75) is 131 Å². The van der Waals surface area contributed by atoms with Crippen molar-refractivity contribution in [3.05, 3.63) is 204 Å². The molecule has 4 aromatic heterocycles. The number of rotatable bonds is 3. The number of nitrogens with one attached hydrogen (secondary N) is 1. The average Bonchev–Trinajstić information content (AvgIpc) is 1.51. The van der Waals surface area contributed by atoms with Crippen LogP contribution in [0.3, 0.4) is 0 Å². The van der Waals surface area contributed by atoms with Crippen LogP contribution >= 0.6 is 0 Å². The van der Waals surface area contributed by atoms with Crippen LogP contribution in [0.15, 0.2) is 176 Å². The van der Waals surface area contributed by atoms with Gasteiger partial charge in [0.05, 0.1) is 11.1 Å². The van der Waals surface area contributed by atoms with E-state index in [1.165, 1.54) is 117 Å². The van der Waals surface area contributed by atoms with Gasteiger partial charge in [0.2, 0.25) is 22.6 Å². The maximum Gasteiger partial charge on any atom is 0.519 e. The molecule has 0 saturated carbocycles. The first-order valence-electron chi connectivity index (χ1n) is 29.6. The normalized spacial score (nSPS) is 15.5. The van der Waals surface area contributed by atoms with Gasteiger partial charge in [-0.25, -0.2) is 0 Å². The van der Waals surface area contributed by atoms with Crippen LogP contribution < -0.4 is 13.8 Å². The molecule has 7 heterocycles. The Bertz CT molecular complexity index is 4600. The molecule has 1 N–H and O–H groups in total. The van der Waals surface area contributed by atoms with Crippen LogP contribution in [0.2, 0.25) is 0 Å². The van der Waals surface area contributed by atoms with E-state index in [9.17, 15) is 0 Å². The molecule has 6 nitrogen and oxygen atoms in total. The molecule has 82 heavy (non-hydrogen) atoms. The van der Waals surface area contributed by atoms with Gasteiger partial charge >= 0.3 is 11.8 Å². The van der Waals surface area contributed by atoms with Crippen molar-refractivity contribution < 1.29 is 9.24 Å². The number of nitrogens with zero attached hydrogens (tertiary/aromatic N) is 5. The Morgan fingerprint density at radius 3 is 1.59 bits per heavy atom. The molecule has 8 aromatic carbocycles. The third-order valence-electron chi connectivity index (χ3n) is 18.6. The molecular weight excluding hydrogens is 997 g/mol. The van der Waals surface area contributed by atoms with Gasteiger partial charge in [-0.2, -0.15) is 4.57 Å². The van der Waals surface area contributed by atoms with Crippen LogP contribution in [-0.4, -0.2) is 14.1 Å². The summed E-state index contributed by atoms with van der Waals surface area (Å²) in [4.78, 5) is 3.65. The third-order valence-corrected chi connectivity index (χ3v) is 18.6. The van der Waals surface area contributed by atoms with Crippen molar-refractivity contribution in [2.24, 2.45) is 0 Å². The van der Waals surface area contributed by atoms with Gasteiger partial charge < -0.3 is 4.98 Å². The lowest BCUT2D eigenvalue weighted by Gasteiger charge is -2.32. The zero-order chi connectivity index (χ0) is 57.1. The zero-order valence-corrected chi connectivity index (χ0v) is 50.5. The Morgan fingerprint density at radius 1 is 0.415 bits per heavy atom. The summed E-state index contributed by atoms with van der Waals surface area (Å²) >= 11 is 0. The minimum atomic E-state index is -0.131. The molecule has 15 rings (SSSR count). The van der Waals surface area contributed by atoms with Gasteiger partial charge in [-0.1, -0.05) is 189 Å². The molecule has 0 radical (unpaired) electrons. The number of H-pyrrole nitrogens is 1. The van der Waals surface area contributed by atoms with Crippen molar-refractivity contribution in [2.75, 3.05) is 0 Å². The van der Waals surface area contributed by atoms with Crippen molar-refractivity contribution in [3.63, 3.8) is 0 Å². The maximum absolute atomic E-state index is 3.65. The highest BCUT2D eigenvalue weighted by Gasteiger charge is 2.69. The van der Waals surface area contributed by atoms with Gasteiger partial charge in [-0.15, -0.1) is 9.13 Å². The van der Waals surface area contributed by atoms with Crippen LogP contribution in [-0.2, 0) is 27.1 Å². The Morgan fingerprint density at radius 2 is 0.963 bits per heavy atom. The van der Waals surface area contributed by atoms with E-state index in [1.807, 2.05) is 0 Å². The van der Waals surface area contributed by atoms with E-state index in [-0.39, 0.29) is 31.7 Å². The summed E-state index contributed by atoms with van der Waals surface area (Å²) in [5.74, 6) is 2.25. The fourth-order valence-corrected chi connectivity index (χ4v) is 14.1. The first-order valence-corrected chi connectivity index (χ1v) is 29.6. The van der Waals surface area contributed by atoms with E-state index in [0.717, 1.165) is 34.0 Å². The van der Waals surface area contributed by atoms with Gasteiger partial charge in [-0.05, 0) is 155 Å². The lowest BCUT2D eigenvalue weighted by atomic mass is 9.77. The smallest absolute Gasteiger partial charge is 0.361 e. The quantitative estimate of drug-likeness (QED) is 0.135. The minimum absolute atomic E-state index is 0.107. The molecule has 3 aliphatic rings. The van der Waals surface area contributed by atoms with Crippen LogP contribution in [0.5, 0.6) is 0 Å². The first-order chi connectivity index (χ1) is 38.8. The van der Waals surface area contributed by atoms with Crippen LogP contribution in [0, 0.1) is 0 Å². The third kappa shape index (κ3) is 6.91. The summed E-state index contributed by atoms with van der Waals surface area (Å²) in [7, 11) is 0. The lowest BCUT2D eigenvalue weighted by Crippen LogP contribution is -2.70. The van der Waals surface area contributed by atoms with E-state index in [4.69, 9.17) is 0 Å². The summed E-state index contributed by atoms with van der Waals surface area (Å²) in [5.41, 5.74) is 26.4. The summed E-state index contributed by atoms with van der Waals surface area (Å²) in [5, 5.41) is 3.68. The number of aromatic nitrogens is 5. The summed E-state index contributed by atoms with van der Waals surface area (Å²) < 4.78 is 10.9. The molecule has 0 amide bonds. The SMILES string of the molecule is CC(C)(C)c1cc(-c2cccc(-c3cc(C(C)(C)C)cc(C(C)(C)C)c3)c2-[n+]2c3n(c4ccccc42)-c2cccc4c2[N+]32c3c(ccc5c6ccccc6n(c35)-c3cc(C(C)(C)C)cc[n+]32)-c2cc3[nH]ccc3cc2-4)cc(C(C)(C)C)c1. The number of para-hydroxylation sites is 5. The topological polar surface area (TPSA) is 33.4 Å². The molecule has 6 heteroatoms. The van der Waals surface area contributed by atoms with Crippen LogP contribution in [0.25, 0.3) is 105 Å². The lowest BCUT2D eigenvalue weighted by molar-refractivity contribution is -0.791. The first kappa shape index (κ1) is 50.6. The second-order valence-corrected chi connectivity index (χ2v) is 29.1. The van der Waals surface area contributed by atoms with Gasteiger partial charge in [0, 0.05) is 49.7 Å². The second kappa shape index (κ2) is 16.4. The Labute approximate surface area is 483 Å². The van der Waals surface area contributed by atoms with Crippen molar-refractivity contribution >= 4 is 61.1 Å². The summed E-state index contributed by atoms with van der Waals surface area (Å²) in [6, 6.07) is 64.4.